The molecule has 0 aromatic carbocycles. The van der Waals surface area contributed by atoms with Gasteiger partial charge in [0, 0.05) is 5.92 Å². The van der Waals surface area contributed by atoms with E-state index in [1.54, 1.807) is 5.57 Å². The van der Waals surface area contributed by atoms with E-state index in [1.165, 1.54) is 83.8 Å². The first-order valence-electron chi connectivity index (χ1n) is 14.0. The van der Waals surface area contributed by atoms with E-state index in [-0.39, 0.29) is 18.1 Å². The smallest absolute Gasteiger partial charge is 0.0721 e. The van der Waals surface area contributed by atoms with Gasteiger partial charge in [0.1, 0.15) is 0 Å². The summed E-state index contributed by atoms with van der Waals surface area (Å²) in [6.45, 7) is 10.6. The first-order chi connectivity index (χ1) is 15.6. The van der Waals surface area contributed by atoms with Crippen LogP contribution < -0.4 is 0 Å². The van der Waals surface area contributed by atoms with E-state index in [1.807, 2.05) is 6.08 Å². The highest BCUT2D eigenvalue weighted by atomic mass is 16.3. The van der Waals surface area contributed by atoms with Gasteiger partial charge in [-0.1, -0.05) is 76.7 Å². The molecule has 0 amide bonds. The number of allylic oxidation sites excluding steroid dienone is 2. The van der Waals surface area contributed by atoms with Crippen molar-refractivity contribution in [3.8, 4) is 0 Å². The van der Waals surface area contributed by atoms with Gasteiger partial charge >= 0.3 is 0 Å². The normalized spacial score (nSPS) is 27.8. The molecule has 0 heterocycles. The van der Waals surface area contributed by atoms with Crippen LogP contribution in [0.1, 0.15) is 111 Å². The summed E-state index contributed by atoms with van der Waals surface area (Å²) in [5.74, 6) is 1.45. The highest BCUT2D eigenvalue weighted by molar-refractivity contribution is 5.18. The second kappa shape index (κ2) is 16.1. The van der Waals surface area contributed by atoms with Crippen molar-refractivity contribution in [2.24, 2.45) is 17.8 Å². The predicted molar refractivity (Wildman–Crippen MR) is 138 cm³/mol. The van der Waals surface area contributed by atoms with Crippen molar-refractivity contribution in [2.45, 2.75) is 123 Å². The summed E-state index contributed by atoms with van der Waals surface area (Å²) >= 11 is 0. The molecule has 0 radical (unpaired) electrons. The lowest BCUT2D eigenvalue weighted by molar-refractivity contribution is 0.139. The Morgan fingerprint density at radius 1 is 0.906 bits per heavy atom. The number of hydrogen-bond donors (Lipinski definition) is 2. The minimum Gasteiger partial charge on any atom is -0.392 e. The molecule has 2 N–H and O–H groups in total. The topological polar surface area (TPSA) is 43.7 Å². The van der Waals surface area contributed by atoms with E-state index in [0.29, 0.717) is 11.8 Å². The molecular weight excluding hydrogens is 394 g/mol. The van der Waals surface area contributed by atoms with E-state index < -0.39 is 0 Å². The van der Waals surface area contributed by atoms with Crippen molar-refractivity contribution in [1.29, 1.82) is 0 Å². The number of fused-ring (bicyclic) bond motifs is 1. The molecule has 3 heteroatoms. The Bertz CT molecular complexity index is 535. The highest BCUT2D eigenvalue weighted by Crippen LogP contribution is 2.50. The van der Waals surface area contributed by atoms with Crippen molar-refractivity contribution < 1.29 is 10.2 Å². The van der Waals surface area contributed by atoms with Crippen LogP contribution in [0.15, 0.2) is 23.8 Å². The van der Waals surface area contributed by atoms with Crippen LogP contribution >= 0.6 is 0 Å². The molecule has 3 nitrogen and oxygen atoms in total. The number of rotatable bonds is 17. The van der Waals surface area contributed by atoms with Gasteiger partial charge in [-0.15, -0.1) is 0 Å². The summed E-state index contributed by atoms with van der Waals surface area (Å²) in [6.07, 6.45) is 22.7. The minimum absolute atomic E-state index is 0.220. The Hall–Kier alpha value is -0.640. The fourth-order valence-electron chi connectivity index (χ4n) is 5.78. The van der Waals surface area contributed by atoms with Gasteiger partial charge in [0.25, 0.3) is 0 Å². The molecule has 0 spiro atoms. The zero-order valence-electron chi connectivity index (χ0n) is 21.5. The fraction of sp³-hybridized carbons (Fsp3) is 0.862. The molecular formula is C29H53NO2. The van der Waals surface area contributed by atoms with Gasteiger partial charge in [-0.05, 0) is 89.3 Å². The summed E-state index contributed by atoms with van der Waals surface area (Å²) in [5, 5.41) is 20.8. The molecule has 2 aliphatic carbocycles. The van der Waals surface area contributed by atoms with Crippen molar-refractivity contribution in [1.82, 2.24) is 4.90 Å². The predicted octanol–water partition coefficient (Wildman–Crippen LogP) is 6.89. The molecule has 0 unspecified atom stereocenters. The zero-order valence-corrected chi connectivity index (χ0v) is 21.5. The SMILES string of the molecule is CCCCC[C@H](O)C=C[C@@H]1[C@H]2CC(=CCCCCN(CCCC)CCCC)C[C@H]2C[C@H]1O. The summed E-state index contributed by atoms with van der Waals surface area (Å²) in [7, 11) is 0. The summed E-state index contributed by atoms with van der Waals surface area (Å²) < 4.78 is 0. The second-order valence-corrected chi connectivity index (χ2v) is 10.6. The third-order valence-corrected chi connectivity index (χ3v) is 7.79. The van der Waals surface area contributed by atoms with Gasteiger partial charge in [-0.25, -0.2) is 0 Å². The minimum atomic E-state index is -0.349. The molecule has 2 fully saturated rings. The lowest BCUT2D eigenvalue weighted by atomic mass is 9.90. The lowest BCUT2D eigenvalue weighted by Crippen LogP contribution is -2.27. The van der Waals surface area contributed by atoms with Gasteiger partial charge in [0.2, 0.25) is 0 Å². The van der Waals surface area contributed by atoms with E-state index >= 15 is 0 Å². The first kappa shape index (κ1) is 27.6. The average molecular weight is 448 g/mol. The quantitative estimate of drug-likeness (QED) is 0.188. The average Bonchev–Trinajstić information content (AvgIpc) is 3.29. The molecule has 2 rings (SSSR count). The molecule has 0 aromatic heterocycles. The Balaban J connectivity index is 1.72. The number of aliphatic hydroxyl groups excluding tert-OH is 2. The van der Waals surface area contributed by atoms with Crippen molar-refractivity contribution in [3.05, 3.63) is 23.8 Å². The highest BCUT2D eigenvalue weighted by Gasteiger charge is 2.44. The standard InChI is InChI=1S/C29H53NO2/c1-4-7-11-15-26(31)16-17-27-28-22-24(21-25(28)23-29(27)32)14-12-10-13-20-30(18-8-5-2)19-9-6-3/h14,16-17,25-29,31-32H,4-13,15,18-23H2,1-3H3/t25-,26-,27+,28-,29+/m0/s1. The summed E-state index contributed by atoms with van der Waals surface area (Å²) in [5.41, 5.74) is 1.63. The maximum absolute atomic E-state index is 10.6. The van der Waals surface area contributed by atoms with E-state index in [2.05, 4.69) is 37.8 Å². The number of aliphatic hydroxyl groups is 2. The van der Waals surface area contributed by atoms with Gasteiger partial charge in [-0.2, -0.15) is 0 Å². The molecule has 186 valence electrons. The van der Waals surface area contributed by atoms with E-state index in [0.717, 1.165) is 25.7 Å². The van der Waals surface area contributed by atoms with Crippen LogP contribution in [-0.4, -0.2) is 47.0 Å². The second-order valence-electron chi connectivity index (χ2n) is 10.6. The van der Waals surface area contributed by atoms with E-state index in [4.69, 9.17) is 0 Å². The van der Waals surface area contributed by atoms with Crippen LogP contribution in [-0.2, 0) is 0 Å². The molecule has 2 aliphatic rings. The lowest BCUT2D eigenvalue weighted by Gasteiger charge is -2.21. The third-order valence-electron chi connectivity index (χ3n) is 7.79. The van der Waals surface area contributed by atoms with Crippen LogP contribution in [0.3, 0.4) is 0 Å². The van der Waals surface area contributed by atoms with Gasteiger partial charge in [0.15, 0.2) is 0 Å². The molecule has 5 atom stereocenters. The van der Waals surface area contributed by atoms with Crippen molar-refractivity contribution >= 4 is 0 Å². The molecule has 0 aliphatic heterocycles. The molecule has 2 saturated carbocycles. The van der Waals surface area contributed by atoms with Crippen LogP contribution in [0.2, 0.25) is 0 Å². The van der Waals surface area contributed by atoms with Gasteiger partial charge in [-0.3, -0.25) is 0 Å². The Morgan fingerprint density at radius 3 is 2.28 bits per heavy atom. The number of nitrogens with zero attached hydrogens (tertiary/aromatic N) is 1. The monoisotopic (exact) mass is 447 g/mol. The fourth-order valence-corrected chi connectivity index (χ4v) is 5.78. The van der Waals surface area contributed by atoms with Crippen LogP contribution in [0.25, 0.3) is 0 Å². The van der Waals surface area contributed by atoms with Crippen LogP contribution in [0.5, 0.6) is 0 Å². The summed E-state index contributed by atoms with van der Waals surface area (Å²) in [4.78, 5) is 2.68. The van der Waals surface area contributed by atoms with Crippen molar-refractivity contribution in [3.63, 3.8) is 0 Å². The molecule has 0 bridgehead atoms. The molecule has 0 saturated heterocycles. The van der Waals surface area contributed by atoms with Crippen molar-refractivity contribution in [2.75, 3.05) is 19.6 Å². The maximum Gasteiger partial charge on any atom is 0.0721 e. The van der Waals surface area contributed by atoms with E-state index in [9.17, 15) is 10.2 Å². The maximum atomic E-state index is 10.6. The molecule has 0 aromatic rings. The number of hydrogen-bond acceptors (Lipinski definition) is 3. The number of unbranched alkanes of at least 4 members (excludes halogenated alkanes) is 6. The van der Waals surface area contributed by atoms with Crippen LogP contribution in [0.4, 0.5) is 0 Å². The van der Waals surface area contributed by atoms with Gasteiger partial charge in [0.05, 0.1) is 12.2 Å². The Labute approximate surface area is 199 Å². The Morgan fingerprint density at radius 2 is 1.59 bits per heavy atom. The largest absolute Gasteiger partial charge is 0.392 e. The van der Waals surface area contributed by atoms with Crippen LogP contribution in [0, 0.1) is 17.8 Å². The summed E-state index contributed by atoms with van der Waals surface area (Å²) in [6, 6.07) is 0. The zero-order chi connectivity index (χ0) is 23.2. The first-order valence-corrected chi connectivity index (χ1v) is 14.0. The Kier molecular flexibility index (Phi) is 13.9. The third kappa shape index (κ3) is 9.69. The van der Waals surface area contributed by atoms with Gasteiger partial charge < -0.3 is 15.1 Å². The molecule has 32 heavy (non-hydrogen) atoms.